The Morgan fingerprint density at radius 3 is 0.843 bits per heavy atom. The Bertz CT molecular complexity index is 6080. The lowest BCUT2D eigenvalue weighted by molar-refractivity contribution is 1.13. The van der Waals surface area contributed by atoms with E-state index in [1.807, 2.05) is 11.3 Å². The highest BCUT2D eigenvalue weighted by Gasteiger charge is 2.20. The summed E-state index contributed by atoms with van der Waals surface area (Å²) in [5.41, 5.74) is 23.5. The molecule has 5 aromatic heterocycles. The van der Waals surface area contributed by atoms with Gasteiger partial charge in [-0.05, 0) is 178 Å². The van der Waals surface area contributed by atoms with E-state index in [-0.39, 0.29) is 0 Å². The van der Waals surface area contributed by atoms with Crippen LogP contribution in [0.5, 0.6) is 0 Å². The molecule has 5 heterocycles. The van der Waals surface area contributed by atoms with E-state index < -0.39 is 0 Å². The molecule has 0 amide bonds. The van der Waals surface area contributed by atoms with Gasteiger partial charge in [0.2, 0.25) is 0 Å². The van der Waals surface area contributed by atoms with Crippen LogP contribution in [0, 0.1) is 0 Å². The summed E-state index contributed by atoms with van der Waals surface area (Å²) in [6.07, 6.45) is 0. The van der Waals surface area contributed by atoms with Gasteiger partial charge in [0, 0.05) is 86.0 Å². The predicted molar refractivity (Wildman–Crippen MR) is 378 cm³/mol. The molecule has 0 N–H and O–H groups in total. The second kappa shape index (κ2) is 19.5. The molecule has 0 radical (unpaired) electrons. The van der Waals surface area contributed by atoms with E-state index in [9.17, 15) is 0 Å². The molecule has 4 nitrogen and oxygen atoms in total. The van der Waals surface area contributed by atoms with Gasteiger partial charge in [0.1, 0.15) is 0 Å². The van der Waals surface area contributed by atoms with Crippen molar-refractivity contribution in [2.75, 3.05) is 0 Å². The van der Waals surface area contributed by atoms with Crippen molar-refractivity contribution in [1.29, 1.82) is 0 Å². The fourth-order valence-electron chi connectivity index (χ4n) is 14.7. The van der Waals surface area contributed by atoms with E-state index in [0.29, 0.717) is 0 Å². The molecular weight excluding hydrogens is 1100 g/mol. The molecule has 0 aliphatic heterocycles. The normalized spacial score (nSPS) is 12.0. The van der Waals surface area contributed by atoms with Crippen molar-refractivity contribution < 1.29 is 0 Å². The first-order valence-corrected chi connectivity index (χ1v) is 31.4. The topological polar surface area (TPSA) is 19.7 Å². The van der Waals surface area contributed by atoms with Crippen molar-refractivity contribution in [2.45, 2.75) is 0 Å². The first-order valence-electron chi connectivity index (χ1n) is 30.5. The summed E-state index contributed by atoms with van der Waals surface area (Å²) in [4.78, 5) is 0. The van der Waals surface area contributed by atoms with Gasteiger partial charge in [-0.25, -0.2) is 0 Å². The van der Waals surface area contributed by atoms with Gasteiger partial charge in [-0.15, -0.1) is 11.3 Å². The minimum atomic E-state index is 1.11. The zero-order chi connectivity index (χ0) is 58.3. The van der Waals surface area contributed by atoms with Gasteiger partial charge in [0.15, 0.2) is 0 Å². The lowest BCUT2D eigenvalue weighted by atomic mass is 9.97. The highest BCUT2D eigenvalue weighted by Crippen LogP contribution is 2.43. The molecular formula is C84H52N4S. The van der Waals surface area contributed by atoms with Crippen LogP contribution >= 0.6 is 11.3 Å². The first-order chi connectivity index (χ1) is 44.1. The lowest BCUT2D eigenvalue weighted by Gasteiger charge is -2.13. The molecule has 0 fully saturated rings. The fourth-order valence-corrected chi connectivity index (χ4v) is 15.8. The van der Waals surface area contributed by atoms with Gasteiger partial charge in [-0.2, -0.15) is 0 Å². The molecule has 414 valence electrons. The molecule has 0 unspecified atom stereocenters. The molecule has 0 aliphatic carbocycles. The minimum absolute atomic E-state index is 1.11. The zero-order valence-corrected chi connectivity index (χ0v) is 49.0. The summed E-state index contributed by atoms with van der Waals surface area (Å²) in [5, 5.41) is 12.5. The molecule has 0 bridgehead atoms. The second-order valence-corrected chi connectivity index (χ2v) is 24.7. The van der Waals surface area contributed by atoms with Crippen molar-refractivity contribution in [1.82, 2.24) is 18.3 Å². The van der Waals surface area contributed by atoms with Gasteiger partial charge in [-0.1, -0.05) is 182 Å². The highest BCUT2D eigenvalue weighted by molar-refractivity contribution is 7.25. The average molecular weight is 1150 g/mol. The molecule has 5 heteroatoms. The predicted octanol–water partition coefficient (Wildman–Crippen LogP) is 23.1. The molecule has 14 aromatic carbocycles. The largest absolute Gasteiger partial charge is 0.309 e. The standard InChI is InChI=1S/C84H52N4S/c1-7-31-75-65(25-1)66-26-2-8-32-76(66)85(75)61-21-14-19-55(46-61)58-38-42-80-72(49-58)67-27-3-9-33-77(67)86(80)62-22-15-20-56(47-62)59-39-43-82-73(50-59)69-29-5-11-35-79(69)88(82)64-24-16-23-63(52-64)87-78-34-10-4-28-68(78)71-48-57(37-41-81(71)87)53-17-13-18-54(45-53)60-40-44-84-74(51-60)70-30-6-12-36-83(70)89-84/h1-52H. The zero-order valence-electron chi connectivity index (χ0n) is 48.2. The van der Waals surface area contributed by atoms with Crippen LogP contribution in [-0.4, -0.2) is 18.3 Å². The van der Waals surface area contributed by atoms with Crippen LogP contribution in [0.2, 0.25) is 0 Å². The Morgan fingerprint density at radius 1 is 0.157 bits per heavy atom. The van der Waals surface area contributed by atoms with E-state index in [4.69, 9.17) is 0 Å². The molecule has 0 saturated heterocycles. The molecule has 89 heavy (non-hydrogen) atoms. The van der Waals surface area contributed by atoms with Crippen molar-refractivity contribution in [3.05, 3.63) is 315 Å². The number of fused-ring (bicyclic) bond motifs is 15. The summed E-state index contributed by atoms with van der Waals surface area (Å²) in [7, 11) is 0. The highest BCUT2D eigenvalue weighted by atomic mass is 32.1. The SMILES string of the molecule is c1cc(-c2ccc3sc4ccccc4c3c2)cc(-c2ccc3c(c2)c2ccccc2n3-c2cccc(-n3c4ccccc4c4cc(-c5cccc(-n6c7ccccc7c7cc(-c8cccc(-n9c%10ccccc%10c%10ccccc%109)c8)ccc76)c5)ccc43)c2)c1. The van der Waals surface area contributed by atoms with Crippen LogP contribution in [-0.2, 0) is 0 Å². The Morgan fingerprint density at radius 2 is 0.427 bits per heavy atom. The number of aromatic nitrogens is 4. The third kappa shape index (κ3) is 7.72. The second-order valence-electron chi connectivity index (χ2n) is 23.6. The summed E-state index contributed by atoms with van der Waals surface area (Å²) in [5.74, 6) is 0. The van der Waals surface area contributed by atoms with E-state index >= 15 is 0 Å². The van der Waals surface area contributed by atoms with E-state index in [1.165, 1.54) is 152 Å². The van der Waals surface area contributed by atoms with Crippen molar-refractivity contribution >= 4 is 119 Å². The summed E-state index contributed by atoms with van der Waals surface area (Å²) < 4.78 is 12.4. The third-order valence-electron chi connectivity index (χ3n) is 18.7. The van der Waals surface area contributed by atoms with Crippen molar-refractivity contribution in [3.8, 4) is 67.3 Å². The van der Waals surface area contributed by atoms with Gasteiger partial charge in [0.25, 0.3) is 0 Å². The van der Waals surface area contributed by atoms with Gasteiger partial charge >= 0.3 is 0 Å². The van der Waals surface area contributed by atoms with Crippen LogP contribution < -0.4 is 0 Å². The molecule has 0 atom stereocenters. The summed E-state index contributed by atoms with van der Waals surface area (Å²) in [6, 6.07) is 117. The maximum Gasteiger partial charge on any atom is 0.0541 e. The summed E-state index contributed by atoms with van der Waals surface area (Å²) >= 11 is 1.86. The van der Waals surface area contributed by atoms with Gasteiger partial charge < -0.3 is 18.3 Å². The number of hydrogen-bond donors (Lipinski definition) is 0. The van der Waals surface area contributed by atoms with E-state index in [1.54, 1.807) is 0 Å². The number of thiophene rings is 1. The Balaban J connectivity index is 0.670. The third-order valence-corrected chi connectivity index (χ3v) is 19.9. The number of nitrogens with zero attached hydrogens (tertiary/aromatic N) is 4. The van der Waals surface area contributed by atoms with Gasteiger partial charge in [0.05, 0.1) is 44.1 Å². The quantitative estimate of drug-likeness (QED) is 0.144. The van der Waals surface area contributed by atoms with Crippen molar-refractivity contribution in [2.24, 2.45) is 0 Å². The summed E-state index contributed by atoms with van der Waals surface area (Å²) in [6.45, 7) is 0. The molecule has 0 saturated carbocycles. The Hall–Kier alpha value is -11.5. The number of para-hydroxylation sites is 5. The van der Waals surface area contributed by atoms with E-state index in [0.717, 1.165) is 22.7 Å². The van der Waals surface area contributed by atoms with Crippen LogP contribution in [0.15, 0.2) is 315 Å². The van der Waals surface area contributed by atoms with Gasteiger partial charge in [-0.3, -0.25) is 0 Å². The number of hydrogen-bond acceptors (Lipinski definition) is 1. The monoisotopic (exact) mass is 1150 g/mol. The first kappa shape index (κ1) is 49.7. The van der Waals surface area contributed by atoms with Crippen LogP contribution in [0.25, 0.3) is 175 Å². The molecule has 19 aromatic rings. The van der Waals surface area contributed by atoms with Crippen LogP contribution in [0.4, 0.5) is 0 Å². The Labute approximate surface area is 516 Å². The fraction of sp³-hybridized carbons (Fsp3) is 0. The van der Waals surface area contributed by atoms with Crippen molar-refractivity contribution in [3.63, 3.8) is 0 Å². The maximum absolute atomic E-state index is 2.44. The molecule has 19 rings (SSSR count). The maximum atomic E-state index is 2.44. The van der Waals surface area contributed by atoms with E-state index in [2.05, 4.69) is 334 Å². The lowest BCUT2D eigenvalue weighted by Crippen LogP contribution is -1.98. The minimum Gasteiger partial charge on any atom is -0.309 e. The van der Waals surface area contributed by atoms with Crippen LogP contribution in [0.1, 0.15) is 0 Å². The number of rotatable bonds is 8. The number of benzene rings is 14. The molecule has 0 spiro atoms. The smallest absolute Gasteiger partial charge is 0.0541 e. The average Bonchev–Trinajstić information content (AvgIpc) is 1.79. The Kier molecular flexibility index (Phi) is 10.9. The molecule has 0 aliphatic rings. The van der Waals surface area contributed by atoms with Crippen LogP contribution in [0.3, 0.4) is 0 Å².